The third-order valence-corrected chi connectivity index (χ3v) is 1.50. The zero-order chi connectivity index (χ0) is 9.68. The first kappa shape index (κ1) is 9.88. The summed E-state index contributed by atoms with van der Waals surface area (Å²) in [5, 5.41) is 0. The van der Waals surface area contributed by atoms with Gasteiger partial charge in [-0.25, -0.2) is 4.98 Å². The van der Waals surface area contributed by atoms with Gasteiger partial charge in [0.25, 0.3) is 5.56 Å². The molecular weight excluding hydrogens is 170 g/mol. The van der Waals surface area contributed by atoms with Gasteiger partial charge in [-0.05, 0) is 6.92 Å². The van der Waals surface area contributed by atoms with Gasteiger partial charge in [-0.15, -0.1) is 0 Å². The number of H-pyrrole nitrogens is 1. The lowest BCUT2D eigenvalue weighted by Gasteiger charge is -2.01. The van der Waals surface area contributed by atoms with E-state index in [-0.39, 0.29) is 12.1 Å². The summed E-state index contributed by atoms with van der Waals surface area (Å²) < 4.78 is 5.10. The van der Waals surface area contributed by atoms with Crippen molar-refractivity contribution in [2.24, 2.45) is 5.73 Å². The van der Waals surface area contributed by atoms with Crippen LogP contribution in [0.25, 0.3) is 0 Å². The van der Waals surface area contributed by atoms with E-state index in [9.17, 15) is 4.79 Å². The fraction of sp³-hybridized carbons (Fsp3) is 0.500. The Morgan fingerprint density at radius 2 is 2.46 bits per heavy atom. The molecule has 0 aliphatic carbocycles. The Labute approximate surface area is 75.9 Å². The van der Waals surface area contributed by atoms with E-state index in [1.807, 2.05) is 6.92 Å². The maximum absolute atomic E-state index is 11.0. The molecule has 0 spiro atoms. The molecule has 0 aromatic carbocycles. The number of ether oxygens (including phenoxy) is 1. The Kier molecular flexibility index (Phi) is 3.60. The van der Waals surface area contributed by atoms with Crippen LogP contribution in [0.4, 0.5) is 0 Å². The molecule has 1 aromatic heterocycles. The number of nitrogens with one attached hydrogen (secondary N) is 1. The van der Waals surface area contributed by atoms with Gasteiger partial charge >= 0.3 is 0 Å². The van der Waals surface area contributed by atoms with Crippen LogP contribution in [0.1, 0.15) is 18.4 Å². The molecule has 13 heavy (non-hydrogen) atoms. The molecule has 0 amide bonds. The third-order valence-electron chi connectivity index (χ3n) is 1.50. The molecule has 5 nitrogen and oxygen atoms in total. The summed E-state index contributed by atoms with van der Waals surface area (Å²) in [6.07, 6.45) is 0. The van der Waals surface area contributed by atoms with Gasteiger partial charge in [-0.1, -0.05) is 0 Å². The normalized spacial score (nSPS) is 10.3. The van der Waals surface area contributed by atoms with Crippen LogP contribution in [-0.2, 0) is 17.9 Å². The van der Waals surface area contributed by atoms with Crippen molar-refractivity contribution in [2.45, 2.75) is 20.1 Å². The number of rotatable bonds is 4. The van der Waals surface area contributed by atoms with Crippen LogP contribution in [0, 0.1) is 0 Å². The highest BCUT2D eigenvalue weighted by atomic mass is 16.5. The summed E-state index contributed by atoms with van der Waals surface area (Å²) in [5.41, 5.74) is 5.75. The third kappa shape index (κ3) is 2.96. The number of hydrogen-bond donors (Lipinski definition) is 2. The molecule has 0 radical (unpaired) electrons. The molecule has 0 unspecified atom stereocenters. The molecule has 0 saturated carbocycles. The molecule has 0 saturated heterocycles. The minimum atomic E-state index is -0.190. The van der Waals surface area contributed by atoms with Crippen molar-refractivity contribution in [3.8, 4) is 0 Å². The maximum Gasteiger partial charge on any atom is 0.251 e. The molecule has 0 bridgehead atoms. The fourth-order valence-corrected chi connectivity index (χ4v) is 0.935. The van der Waals surface area contributed by atoms with Crippen molar-refractivity contribution in [1.29, 1.82) is 0 Å². The van der Waals surface area contributed by atoms with E-state index < -0.39 is 0 Å². The van der Waals surface area contributed by atoms with E-state index in [0.29, 0.717) is 24.7 Å². The van der Waals surface area contributed by atoms with Crippen molar-refractivity contribution in [2.75, 3.05) is 6.61 Å². The highest BCUT2D eigenvalue weighted by molar-refractivity contribution is 5.01. The number of nitrogens with zero attached hydrogens (tertiary/aromatic N) is 1. The minimum Gasteiger partial charge on any atom is -0.374 e. The summed E-state index contributed by atoms with van der Waals surface area (Å²) in [7, 11) is 0. The second-order valence-electron chi connectivity index (χ2n) is 2.52. The Bertz CT molecular complexity index is 321. The van der Waals surface area contributed by atoms with Crippen LogP contribution in [-0.4, -0.2) is 16.6 Å². The molecule has 1 rings (SSSR count). The lowest BCUT2D eigenvalue weighted by atomic mass is 10.4. The van der Waals surface area contributed by atoms with Crippen molar-refractivity contribution in [3.63, 3.8) is 0 Å². The van der Waals surface area contributed by atoms with Gasteiger partial charge in [-0.3, -0.25) is 4.79 Å². The van der Waals surface area contributed by atoms with E-state index in [0.717, 1.165) is 0 Å². The standard InChI is InChI=1S/C8H13N3O2/c1-2-13-5-7-10-6(4-9)3-8(12)11-7/h3H,2,4-5,9H2,1H3,(H,10,11,12). The first-order valence-corrected chi connectivity index (χ1v) is 4.13. The molecule has 3 N–H and O–H groups in total. The SMILES string of the molecule is CCOCc1nc(CN)cc(=O)[nH]1. The van der Waals surface area contributed by atoms with Gasteiger partial charge in [0.1, 0.15) is 12.4 Å². The number of nitrogens with two attached hydrogens (primary N) is 1. The summed E-state index contributed by atoms with van der Waals surface area (Å²) in [6.45, 7) is 3.06. The van der Waals surface area contributed by atoms with E-state index in [1.54, 1.807) is 0 Å². The quantitative estimate of drug-likeness (QED) is 0.675. The lowest BCUT2D eigenvalue weighted by Crippen LogP contribution is -2.15. The molecule has 1 aromatic rings. The van der Waals surface area contributed by atoms with Gasteiger partial charge in [0.05, 0.1) is 5.69 Å². The Hall–Kier alpha value is -1.20. The van der Waals surface area contributed by atoms with Gasteiger partial charge in [0.2, 0.25) is 0 Å². The van der Waals surface area contributed by atoms with Crippen LogP contribution in [0.3, 0.4) is 0 Å². The van der Waals surface area contributed by atoms with Crippen LogP contribution >= 0.6 is 0 Å². The van der Waals surface area contributed by atoms with E-state index in [4.69, 9.17) is 10.5 Å². The Morgan fingerprint density at radius 3 is 3.08 bits per heavy atom. The number of aromatic nitrogens is 2. The summed E-state index contributed by atoms with van der Waals surface area (Å²) >= 11 is 0. The van der Waals surface area contributed by atoms with E-state index >= 15 is 0 Å². The second kappa shape index (κ2) is 4.74. The maximum atomic E-state index is 11.0. The van der Waals surface area contributed by atoms with E-state index in [2.05, 4.69) is 9.97 Å². The number of hydrogen-bond acceptors (Lipinski definition) is 4. The summed E-state index contributed by atoms with van der Waals surface area (Å²) in [4.78, 5) is 17.7. The largest absolute Gasteiger partial charge is 0.374 e. The van der Waals surface area contributed by atoms with Crippen LogP contribution in [0.2, 0.25) is 0 Å². The first-order chi connectivity index (χ1) is 6.26. The molecule has 5 heteroatoms. The first-order valence-electron chi connectivity index (χ1n) is 4.13. The van der Waals surface area contributed by atoms with Gasteiger partial charge in [-0.2, -0.15) is 0 Å². The van der Waals surface area contributed by atoms with Crippen molar-refractivity contribution in [1.82, 2.24) is 9.97 Å². The van der Waals surface area contributed by atoms with Crippen LogP contribution in [0.5, 0.6) is 0 Å². The summed E-state index contributed by atoms with van der Waals surface area (Å²) in [6, 6.07) is 1.38. The smallest absolute Gasteiger partial charge is 0.251 e. The van der Waals surface area contributed by atoms with E-state index in [1.165, 1.54) is 6.07 Å². The topological polar surface area (TPSA) is 81.0 Å². The molecule has 1 heterocycles. The monoisotopic (exact) mass is 183 g/mol. The molecule has 0 atom stereocenters. The minimum absolute atomic E-state index is 0.190. The molecule has 0 aliphatic rings. The zero-order valence-electron chi connectivity index (χ0n) is 7.54. The highest BCUT2D eigenvalue weighted by Gasteiger charge is 1.98. The number of aromatic amines is 1. The predicted octanol–water partition coefficient (Wildman–Crippen LogP) is -0.235. The molecule has 0 aliphatic heterocycles. The highest BCUT2D eigenvalue weighted by Crippen LogP contribution is 1.92. The second-order valence-corrected chi connectivity index (χ2v) is 2.52. The average Bonchev–Trinajstić information content (AvgIpc) is 2.14. The van der Waals surface area contributed by atoms with Crippen LogP contribution < -0.4 is 11.3 Å². The fourth-order valence-electron chi connectivity index (χ4n) is 0.935. The molecule has 72 valence electrons. The Balaban J connectivity index is 2.82. The van der Waals surface area contributed by atoms with Crippen LogP contribution in [0.15, 0.2) is 10.9 Å². The van der Waals surface area contributed by atoms with Crippen molar-refractivity contribution in [3.05, 3.63) is 27.9 Å². The summed E-state index contributed by atoms with van der Waals surface area (Å²) in [5.74, 6) is 0.523. The van der Waals surface area contributed by atoms with Crippen molar-refractivity contribution >= 4 is 0 Å². The predicted molar refractivity (Wildman–Crippen MR) is 48.1 cm³/mol. The van der Waals surface area contributed by atoms with Crippen molar-refractivity contribution < 1.29 is 4.74 Å². The van der Waals surface area contributed by atoms with Gasteiger partial charge in [0, 0.05) is 19.2 Å². The zero-order valence-corrected chi connectivity index (χ0v) is 7.54. The Morgan fingerprint density at radius 1 is 1.69 bits per heavy atom. The average molecular weight is 183 g/mol. The molecule has 0 fully saturated rings. The van der Waals surface area contributed by atoms with Gasteiger partial charge < -0.3 is 15.5 Å². The van der Waals surface area contributed by atoms with Gasteiger partial charge in [0.15, 0.2) is 0 Å². The molecular formula is C8H13N3O2. The lowest BCUT2D eigenvalue weighted by molar-refractivity contribution is 0.128.